The monoisotopic (exact) mass is 419 g/mol. The summed E-state index contributed by atoms with van der Waals surface area (Å²) in [4.78, 5) is 31.0. The number of hydrogen-bond acceptors (Lipinski definition) is 6. The summed E-state index contributed by atoms with van der Waals surface area (Å²) in [5, 5.41) is 8.92. The van der Waals surface area contributed by atoms with E-state index >= 15 is 0 Å². The number of imidazole rings is 1. The van der Waals surface area contributed by atoms with Crippen LogP contribution in [0.3, 0.4) is 0 Å². The zero-order valence-electron chi connectivity index (χ0n) is 16.5. The lowest BCUT2D eigenvalue weighted by molar-refractivity contribution is -0.148. The van der Waals surface area contributed by atoms with Crippen molar-refractivity contribution in [3.05, 3.63) is 54.2 Å². The highest BCUT2D eigenvalue weighted by Gasteiger charge is 2.36. The lowest BCUT2D eigenvalue weighted by Crippen LogP contribution is -2.38. The van der Waals surface area contributed by atoms with E-state index in [1.54, 1.807) is 24.5 Å². The van der Waals surface area contributed by atoms with Gasteiger partial charge in [0.25, 0.3) is 0 Å². The molecule has 1 aliphatic rings. The third-order valence-electron chi connectivity index (χ3n) is 5.39. The van der Waals surface area contributed by atoms with Crippen LogP contribution >= 0.6 is 0 Å². The third kappa shape index (κ3) is 3.70. The summed E-state index contributed by atoms with van der Waals surface area (Å²) in [6.45, 7) is 1.88. The molecule has 0 aliphatic heterocycles. The number of aromatic nitrogens is 5. The van der Waals surface area contributed by atoms with Crippen molar-refractivity contribution in [2.75, 3.05) is 0 Å². The number of carbonyl (C=O) groups is 1. The number of ether oxygens (including phenoxy) is 1. The number of benzene rings is 1. The number of aliphatic carboxylic acids is 1. The minimum absolute atomic E-state index is 0.180. The molecule has 2 N–H and O–H groups in total. The molecule has 1 aliphatic carbocycles. The molecule has 3 aromatic heterocycles. The quantitative estimate of drug-likeness (QED) is 0.506. The maximum absolute atomic E-state index is 14.8. The first-order valence-electron chi connectivity index (χ1n) is 9.81. The molecular weight excluding hydrogens is 401 g/mol. The van der Waals surface area contributed by atoms with Gasteiger partial charge in [0.15, 0.2) is 5.65 Å². The van der Waals surface area contributed by atoms with Crippen molar-refractivity contribution in [3.63, 3.8) is 0 Å². The van der Waals surface area contributed by atoms with Crippen molar-refractivity contribution in [2.24, 2.45) is 5.92 Å². The number of nitrogens with one attached hydrogen (secondary N) is 1. The number of hydrogen-bond donors (Lipinski definition) is 2. The first-order chi connectivity index (χ1) is 15.0. The number of aromatic amines is 1. The van der Waals surface area contributed by atoms with Gasteiger partial charge in [-0.15, -0.1) is 0 Å². The Balaban J connectivity index is 1.33. The molecule has 0 saturated heterocycles. The Labute approximate surface area is 176 Å². The van der Waals surface area contributed by atoms with Crippen LogP contribution in [0.25, 0.3) is 33.7 Å². The van der Waals surface area contributed by atoms with Crippen LogP contribution in [0.4, 0.5) is 4.39 Å². The molecule has 1 fully saturated rings. The molecule has 0 amide bonds. The maximum Gasteiger partial charge on any atom is 0.316 e. The molecule has 0 spiro atoms. The highest BCUT2D eigenvalue weighted by atomic mass is 19.1. The predicted octanol–water partition coefficient (Wildman–Crippen LogP) is 3.77. The van der Waals surface area contributed by atoms with E-state index in [0.29, 0.717) is 41.0 Å². The summed E-state index contributed by atoms with van der Waals surface area (Å²) in [7, 11) is 0. The smallest absolute Gasteiger partial charge is 0.316 e. The lowest BCUT2D eigenvalue weighted by Gasteiger charge is -2.31. The van der Waals surface area contributed by atoms with Crippen molar-refractivity contribution in [2.45, 2.75) is 25.9 Å². The normalized spacial score (nSPS) is 18.0. The van der Waals surface area contributed by atoms with E-state index in [0.717, 1.165) is 11.2 Å². The van der Waals surface area contributed by atoms with Gasteiger partial charge in [0.1, 0.15) is 17.7 Å². The van der Waals surface area contributed by atoms with Crippen LogP contribution in [0.5, 0.6) is 6.01 Å². The Bertz CT molecular complexity index is 1280. The summed E-state index contributed by atoms with van der Waals surface area (Å²) in [6, 6.07) is 8.75. The van der Waals surface area contributed by atoms with Crippen LogP contribution in [0.1, 0.15) is 18.5 Å². The zero-order valence-corrected chi connectivity index (χ0v) is 16.5. The molecule has 1 saturated carbocycles. The van der Waals surface area contributed by atoms with Crippen molar-refractivity contribution in [1.29, 1.82) is 0 Å². The van der Waals surface area contributed by atoms with E-state index in [9.17, 15) is 9.18 Å². The SMILES string of the molecule is Cc1ccc2[nH]c(-c3ccc(-c4cnc(OC5CC(C(=O)O)C5)nc4)cc3F)nc2n1. The number of nitrogens with zero attached hydrogens (tertiary/aromatic N) is 4. The molecule has 0 bridgehead atoms. The van der Waals surface area contributed by atoms with E-state index in [2.05, 4.69) is 24.9 Å². The molecule has 5 rings (SSSR count). The molecule has 4 aromatic rings. The van der Waals surface area contributed by atoms with Crippen molar-refractivity contribution < 1.29 is 19.0 Å². The second kappa shape index (κ2) is 7.42. The van der Waals surface area contributed by atoms with Gasteiger partial charge in [-0.3, -0.25) is 4.79 Å². The second-order valence-corrected chi connectivity index (χ2v) is 7.60. The van der Waals surface area contributed by atoms with Gasteiger partial charge in [0.05, 0.1) is 17.0 Å². The van der Waals surface area contributed by atoms with Gasteiger partial charge in [-0.25, -0.2) is 24.3 Å². The van der Waals surface area contributed by atoms with Crippen LogP contribution in [0.15, 0.2) is 42.7 Å². The van der Waals surface area contributed by atoms with Gasteiger partial charge < -0.3 is 14.8 Å². The van der Waals surface area contributed by atoms with Gasteiger partial charge in [0.2, 0.25) is 0 Å². The molecule has 3 heterocycles. The second-order valence-electron chi connectivity index (χ2n) is 7.60. The molecule has 156 valence electrons. The summed E-state index contributed by atoms with van der Waals surface area (Å²) >= 11 is 0. The van der Waals surface area contributed by atoms with Crippen molar-refractivity contribution in [1.82, 2.24) is 24.9 Å². The number of pyridine rings is 1. The topological polar surface area (TPSA) is 114 Å². The largest absolute Gasteiger partial charge is 0.481 e. The highest BCUT2D eigenvalue weighted by Crippen LogP contribution is 2.31. The van der Waals surface area contributed by atoms with E-state index in [4.69, 9.17) is 9.84 Å². The highest BCUT2D eigenvalue weighted by molar-refractivity contribution is 5.77. The van der Waals surface area contributed by atoms with Gasteiger partial charge in [-0.2, -0.15) is 0 Å². The number of H-pyrrole nitrogens is 1. The molecular formula is C22H18FN5O3. The van der Waals surface area contributed by atoms with Crippen LogP contribution in [-0.2, 0) is 4.79 Å². The van der Waals surface area contributed by atoms with E-state index < -0.39 is 11.8 Å². The minimum atomic E-state index is -0.810. The molecule has 8 nitrogen and oxygen atoms in total. The Morgan fingerprint density at radius 1 is 1.13 bits per heavy atom. The predicted molar refractivity (Wildman–Crippen MR) is 110 cm³/mol. The Morgan fingerprint density at radius 3 is 2.61 bits per heavy atom. The maximum atomic E-state index is 14.8. The van der Waals surface area contributed by atoms with Crippen LogP contribution in [0, 0.1) is 18.7 Å². The fraction of sp³-hybridized carbons (Fsp3) is 0.227. The fourth-order valence-corrected chi connectivity index (χ4v) is 3.54. The first kappa shape index (κ1) is 19.1. The molecule has 31 heavy (non-hydrogen) atoms. The van der Waals surface area contributed by atoms with Crippen LogP contribution < -0.4 is 4.74 Å². The lowest BCUT2D eigenvalue weighted by atomic mass is 9.82. The first-order valence-corrected chi connectivity index (χ1v) is 9.81. The van der Waals surface area contributed by atoms with Gasteiger partial charge in [0, 0.05) is 23.7 Å². The van der Waals surface area contributed by atoms with Crippen molar-refractivity contribution in [3.8, 4) is 28.5 Å². The number of rotatable bonds is 5. The Hall–Kier alpha value is -3.88. The molecule has 9 heteroatoms. The Morgan fingerprint density at radius 2 is 1.90 bits per heavy atom. The summed E-state index contributed by atoms with van der Waals surface area (Å²) in [6.07, 6.45) is 3.81. The van der Waals surface area contributed by atoms with E-state index in [1.807, 2.05) is 19.1 Å². The average molecular weight is 419 g/mol. The fourth-order valence-electron chi connectivity index (χ4n) is 3.54. The molecule has 1 aromatic carbocycles. The summed E-state index contributed by atoms with van der Waals surface area (Å²) < 4.78 is 20.4. The zero-order chi connectivity index (χ0) is 21.5. The molecule has 0 atom stereocenters. The number of carboxylic acids is 1. The summed E-state index contributed by atoms with van der Waals surface area (Å²) in [5.41, 5.74) is 3.73. The van der Waals surface area contributed by atoms with E-state index in [1.165, 1.54) is 6.07 Å². The van der Waals surface area contributed by atoms with Gasteiger partial charge >= 0.3 is 12.0 Å². The molecule has 0 unspecified atom stereocenters. The average Bonchev–Trinajstić information content (AvgIpc) is 3.13. The van der Waals surface area contributed by atoms with Gasteiger partial charge in [-0.05, 0) is 49.6 Å². The van der Waals surface area contributed by atoms with Crippen molar-refractivity contribution >= 4 is 17.1 Å². The molecule has 0 radical (unpaired) electrons. The van der Waals surface area contributed by atoms with E-state index in [-0.39, 0.29) is 18.0 Å². The van der Waals surface area contributed by atoms with Crippen LogP contribution in [-0.4, -0.2) is 42.1 Å². The number of fused-ring (bicyclic) bond motifs is 1. The standard InChI is InChI=1S/C22H18FN5O3/c1-11-2-5-18-20(26-11)28-19(27-18)16-4-3-12(8-17(16)23)14-9-24-22(25-10-14)31-15-6-13(7-15)21(29)30/h2-5,8-10,13,15H,6-7H2,1H3,(H,29,30)(H,26,27,28). The number of aryl methyl sites for hydroxylation is 1. The number of carboxylic acid groups (broad SMARTS) is 1. The minimum Gasteiger partial charge on any atom is -0.481 e. The Kier molecular flexibility index (Phi) is 4.58. The van der Waals surface area contributed by atoms with Crippen LogP contribution in [0.2, 0.25) is 0 Å². The third-order valence-corrected chi connectivity index (χ3v) is 5.39. The number of halogens is 1. The summed E-state index contributed by atoms with van der Waals surface area (Å²) in [5.74, 6) is -1.19. The van der Waals surface area contributed by atoms with Gasteiger partial charge in [-0.1, -0.05) is 6.07 Å².